The van der Waals surface area contributed by atoms with Gasteiger partial charge < -0.3 is 5.32 Å². The lowest BCUT2D eigenvalue weighted by atomic mass is 9.90. The van der Waals surface area contributed by atoms with Gasteiger partial charge in [-0.3, -0.25) is 10.1 Å². The van der Waals surface area contributed by atoms with E-state index in [4.69, 9.17) is 0 Å². The van der Waals surface area contributed by atoms with Crippen molar-refractivity contribution >= 4 is 33.9 Å². The van der Waals surface area contributed by atoms with Crippen LogP contribution in [0.1, 0.15) is 59.2 Å². The molecule has 1 fully saturated rings. The van der Waals surface area contributed by atoms with Crippen LogP contribution in [-0.4, -0.2) is 26.1 Å². The minimum Gasteiger partial charge on any atom is -0.340 e. The van der Waals surface area contributed by atoms with Crippen LogP contribution in [0.5, 0.6) is 0 Å². The fraction of sp³-hybridized carbons (Fsp3) is 0.269. The van der Waals surface area contributed by atoms with Crippen LogP contribution in [0.4, 0.5) is 16.6 Å². The standard InChI is InChI=1S/C26H26N6OS/c1-17-27-22(18-9-4-2-5-10-18)16-23(28-17)29-21-14-8-13-20(15-21)24(33)30-26-32-31-25(34-26)19-11-6-3-7-12-19/h2,4-5,8-10,13-16,19H,3,6-7,11-12H2,1H3,(H,27,28,29)(H,30,32,33). The van der Waals surface area contributed by atoms with E-state index in [0.717, 1.165) is 34.8 Å². The number of aryl methyl sites for hydroxylation is 1. The molecule has 0 atom stereocenters. The molecule has 1 aliphatic rings. The zero-order chi connectivity index (χ0) is 23.3. The number of hydrogen-bond acceptors (Lipinski definition) is 7. The van der Waals surface area contributed by atoms with Crippen LogP contribution in [-0.2, 0) is 0 Å². The molecule has 2 aromatic heterocycles. The summed E-state index contributed by atoms with van der Waals surface area (Å²) >= 11 is 1.48. The molecule has 2 N–H and O–H groups in total. The van der Waals surface area contributed by atoms with Gasteiger partial charge in [0.2, 0.25) is 5.13 Å². The van der Waals surface area contributed by atoms with Crippen molar-refractivity contribution in [3.63, 3.8) is 0 Å². The van der Waals surface area contributed by atoms with Crippen molar-refractivity contribution in [1.29, 1.82) is 0 Å². The van der Waals surface area contributed by atoms with Gasteiger partial charge in [0.05, 0.1) is 5.69 Å². The number of rotatable bonds is 6. The molecule has 4 aromatic rings. The molecular formula is C26H26N6OS. The number of carbonyl (C=O) groups excluding carboxylic acids is 1. The minimum atomic E-state index is -0.209. The number of nitrogens with one attached hydrogen (secondary N) is 2. The van der Waals surface area contributed by atoms with Gasteiger partial charge in [0.1, 0.15) is 16.6 Å². The fourth-order valence-corrected chi connectivity index (χ4v) is 5.15. The molecule has 0 spiro atoms. The van der Waals surface area contributed by atoms with Gasteiger partial charge in [-0.15, -0.1) is 10.2 Å². The Morgan fingerprint density at radius 3 is 2.59 bits per heavy atom. The van der Waals surface area contributed by atoms with Crippen molar-refractivity contribution in [2.24, 2.45) is 0 Å². The van der Waals surface area contributed by atoms with Crippen LogP contribution in [0.15, 0.2) is 60.7 Å². The van der Waals surface area contributed by atoms with Crippen molar-refractivity contribution in [1.82, 2.24) is 20.2 Å². The smallest absolute Gasteiger partial charge is 0.257 e. The van der Waals surface area contributed by atoms with E-state index < -0.39 is 0 Å². The first-order valence-electron chi connectivity index (χ1n) is 11.6. The second kappa shape index (κ2) is 10.1. The number of benzene rings is 2. The molecule has 172 valence electrons. The highest BCUT2D eigenvalue weighted by atomic mass is 32.1. The molecule has 0 aliphatic heterocycles. The lowest BCUT2D eigenvalue weighted by molar-refractivity contribution is 0.102. The Bertz CT molecular complexity index is 1280. The van der Waals surface area contributed by atoms with E-state index >= 15 is 0 Å². The van der Waals surface area contributed by atoms with Crippen molar-refractivity contribution in [2.75, 3.05) is 10.6 Å². The van der Waals surface area contributed by atoms with Crippen molar-refractivity contribution in [2.45, 2.75) is 44.9 Å². The molecule has 5 rings (SSSR count). The van der Waals surface area contributed by atoms with Crippen molar-refractivity contribution in [3.8, 4) is 11.3 Å². The Balaban J connectivity index is 1.29. The summed E-state index contributed by atoms with van der Waals surface area (Å²) in [4.78, 5) is 21.9. The SMILES string of the molecule is Cc1nc(Nc2cccc(C(=O)Nc3nnc(C4CCCCC4)s3)c2)cc(-c2ccccc2)n1. The summed E-state index contributed by atoms with van der Waals surface area (Å²) in [5, 5.41) is 16.3. The van der Waals surface area contributed by atoms with Crippen LogP contribution in [0.2, 0.25) is 0 Å². The zero-order valence-corrected chi connectivity index (χ0v) is 19.8. The van der Waals surface area contributed by atoms with Crippen LogP contribution < -0.4 is 10.6 Å². The van der Waals surface area contributed by atoms with E-state index in [2.05, 4.69) is 30.8 Å². The summed E-state index contributed by atoms with van der Waals surface area (Å²) < 4.78 is 0. The molecule has 2 heterocycles. The van der Waals surface area contributed by atoms with Crippen LogP contribution in [0, 0.1) is 6.92 Å². The molecule has 7 nitrogen and oxygen atoms in total. The average molecular weight is 471 g/mol. The quantitative estimate of drug-likeness (QED) is 0.341. The molecule has 1 aliphatic carbocycles. The Hall–Kier alpha value is -3.65. The summed E-state index contributed by atoms with van der Waals surface area (Å²) in [6, 6.07) is 19.2. The highest BCUT2D eigenvalue weighted by Gasteiger charge is 2.20. The molecular weight excluding hydrogens is 444 g/mol. The van der Waals surface area contributed by atoms with Gasteiger partial charge >= 0.3 is 0 Å². The van der Waals surface area contributed by atoms with Gasteiger partial charge in [-0.05, 0) is 38.0 Å². The summed E-state index contributed by atoms with van der Waals surface area (Å²) in [6.45, 7) is 1.87. The molecule has 8 heteroatoms. The average Bonchev–Trinajstić information content (AvgIpc) is 3.33. The number of nitrogens with zero attached hydrogens (tertiary/aromatic N) is 4. The summed E-state index contributed by atoms with van der Waals surface area (Å²) in [5.74, 6) is 1.60. The second-order valence-corrected chi connectivity index (χ2v) is 9.50. The van der Waals surface area contributed by atoms with Crippen LogP contribution in [0.25, 0.3) is 11.3 Å². The number of anilines is 3. The van der Waals surface area contributed by atoms with Gasteiger partial charge in [0.15, 0.2) is 0 Å². The number of carbonyl (C=O) groups is 1. The minimum absolute atomic E-state index is 0.209. The molecule has 0 saturated heterocycles. The van der Waals surface area contributed by atoms with E-state index in [1.165, 1.54) is 30.6 Å². The van der Waals surface area contributed by atoms with E-state index in [1.54, 1.807) is 12.1 Å². The van der Waals surface area contributed by atoms with E-state index in [0.29, 0.717) is 28.3 Å². The third-order valence-electron chi connectivity index (χ3n) is 5.92. The first-order valence-corrected chi connectivity index (χ1v) is 12.4. The van der Waals surface area contributed by atoms with Gasteiger partial charge in [-0.2, -0.15) is 0 Å². The largest absolute Gasteiger partial charge is 0.340 e. The maximum Gasteiger partial charge on any atom is 0.257 e. The Morgan fingerprint density at radius 2 is 1.76 bits per heavy atom. The molecule has 0 bridgehead atoms. The molecule has 1 amide bonds. The van der Waals surface area contributed by atoms with E-state index in [-0.39, 0.29) is 5.91 Å². The Kier molecular flexibility index (Phi) is 6.58. The highest BCUT2D eigenvalue weighted by Crippen LogP contribution is 2.35. The first kappa shape index (κ1) is 22.2. The second-order valence-electron chi connectivity index (χ2n) is 8.49. The predicted molar refractivity (Wildman–Crippen MR) is 136 cm³/mol. The maximum atomic E-state index is 12.9. The number of amides is 1. The molecule has 1 saturated carbocycles. The van der Waals surface area contributed by atoms with Crippen LogP contribution >= 0.6 is 11.3 Å². The third-order valence-corrected chi connectivity index (χ3v) is 6.92. The van der Waals surface area contributed by atoms with Gasteiger partial charge in [-0.25, -0.2) is 9.97 Å². The van der Waals surface area contributed by atoms with E-state index in [9.17, 15) is 4.79 Å². The zero-order valence-electron chi connectivity index (χ0n) is 19.0. The number of hydrogen-bond donors (Lipinski definition) is 2. The van der Waals surface area contributed by atoms with Gasteiger partial charge in [0.25, 0.3) is 5.91 Å². The summed E-state index contributed by atoms with van der Waals surface area (Å²) in [5.41, 5.74) is 3.17. The monoisotopic (exact) mass is 470 g/mol. The van der Waals surface area contributed by atoms with Gasteiger partial charge in [-0.1, -0.05) is 67.0 Å². The predicted octanol–water partition coefficient (Wildman–Crippen LogP) is 6.35. The van der Waals surface area contributed by atoms with E-state index in [1.807, 2.05) is 55.5 Å². The summed E-state index contributed by atoms with van der Waals surface area (Å²) in [7, 11) is 0. The highest BCUT2D eigenvalue weighted by molar-refractivity contribution is 7.15. The topological polar surface area (TPSA) is 92.7 Å². The van der Waals surface area contributed by atoms with Gasteiger partial charge in [0, 0.05) is 28.8 Å². The maximum absolute atomic E-state index is 12.9. The molecule has 34 heavy (non-hydrogen) atoms. The van der Waals surface area contributed by atoms with Crippen molar-refractivity contribution in [3.05, 3.63) is 77.1 Å². The number of aromatic nitrogens is 4. The lowest BCUT2D eigenvalue weighted by Crippen LogP contribution is -2.12. The fourth-order valence-electron chi connectivity index (χ4n) is 4.24. The molecule has 0 unspecified atom stereocenters. The Labute approximate surface area is 202 Å². The lowest BCUT2D eigenvalue weighted by Gasteiger charge is -2.18. The molecule has 2 aromatic carbocycles. The first-order chi connectivity index (χ1) is 16.6. The molecule has 0 radical (unpaired) electrons. The third kappa shape index (κ3) is 5.28. The summed E-state index contributed by atoms with van der Waals surface area (Å²) in [6.07, 6.45) is 6.09. The Morgan fingerprint density at radius 1 is 0.941 bits per heavy atom. The normalized spacial score (nSPS) is 14.0. The van der Waals surface area contributed by atoms with Crippen LogP contribution in [0.3, 0.4) is 0 Å². The van der Waals surface area contributed by atoms with Crippen molar-refractivity contribution < 1.29 is 4.79 Å².